The standard InChI is InChI=1S/C17H20BrNO3S/c1-3-19(13-14-8-6-5-7-9-14)23(20,21)17-12-15(18)10-11-16(17)22-4-2/h5-12H,3-4,13H2,1-2H3. The lowest BCUT2D eigenvalue weighted by atomic mass is 10.2. The minimum atomic E-state index is -3.65. The van der Waals surface area contributed by atoms with Crippen LogP contribution >= 0.6 is 15.9 Å². The number of sulfonamides is 1. The third-order valence-corrected chi connectivity index (χ3v) is 5.81. The van der Waals surface area contributed by atoms with Crippen LogP contribution in [0.4, 0.5) is 0 Å². The van der Waals surface area contributed by atoms with Gasteiger partial charge in [-0.3, -0.25) is 0 Å². The van der Waals surface area contributed by atoms with E-state index >= 15 is 0 Å². The van der Waals surface area contributed by atoms with E-state index in [1.165, 1.54) is 4.31 Å². The predicted molar refractivity (Wildman–Crippen MR) is 95.0 cm³/mol. The molecule has 0 N–H and O–H groups in total. The molecule has 6 heteroatoms. The largest absolute Gasteiger partial charge is 0.492 e. The van der Waals surface area contributed by atoms with Gasteiger partial charge in [0.2, 0.25) is 10.0 Å². The molecule has 0 unspecified atom stereocenters. The fourth-order valence-electron chi connectivity index (χ4n) is 2.25. The molecule has 0 bridgehead atoms. The number of ether oxygens (including phenoxy) is 1. The molecule has 2 aromatic rings. The van der Waals surface area contributed by atoms with Crippen LogP contribution in [0.2, 0.25) is 0 Å². The molecular weight excluding hydrogens is 378 g/mol. The van der Waals surface area contributed by atoms with E-state index in [4.69, 9.17) is 4.74 Å². The number of hydrogen-bond acceptors (Lipinski definition) is 3. The van der Waals surface area contributed by atoms with Gasteiger partial charge in [-0.25, -0.2) is 8.42 Å². The summed E-state index contributed by atoms with van der Waals surface area (Å²) in [6.07, 6.45) is 0. The minimum absolute atomic E-state index is 0.187. The molecule has 0 saturated heterocycles. The van der Waals surface area contributed by atoms with Crippen molar-refractivity contribution in [1.29, 1.82) is 0 Å². The Bertz CT molecular complexity index is 748. The van der Waals surface area contributed by atoms with E-state index < -0.39 is 10.0 Å². The Morgan fingerprint density at radius 2 is 1.78 bits per heavy atom. The summed E-state index contributed by atoms with van der Waals surface area (Å²) in [4.78, 5) is 0.187. The Morgan fingerprint density at radius 3 is 2.39 bits per heavy atom. The summed E-state index contributed by atoms with van der Waals surface area (Å²) in [5.41, 5.74) is 0.950. The monoisotopic (exact) mass is 397 g/mol. The van der Waals surface area contributed by atoms with Crippen LogP contribution in [0.3, 0.4) is 0 Å². The van der Waals surface area contributed by atoms with Crippen LogP contribution in [0, 0.1) is 0 Å². The molecule has 124 valence electrons. The first-order chi connectivity index (χ1) is 11.0. The summed E-state index contributed by atoms with van der Waals surface area (Å²) in [6, 6.07) is 14.6. The van der Waals surface area contributed by atoms with Gasteiger partial charge in [0.25, 0.3) is 0 Å². The van der Waals surface area contributed by atoms with Crippen molar-refractivity contribution >= 4 is 26.0 Å². The molecule has 23 heavy (non-hydrogen) atoms. The number of nitrogens with zero attached hydrogens (tertiary/aromatic N) is 1. The third kappa shape index (κ3) is 4.34. The van der Waals surface area contributed by atoms with Crippen molar-refractivity contribution in [1.82, 2.24) is 4.31 Å². The molecule has 2 rings (SSSR count). The normalized spacial score (nSPS) is 11.7. The summed E-state index contributed by atoms with van der Waals surface area (Å²) >= 11 is 3.34. The van der Waals surface area contributed by atoms with Crippen LogP contribution in [-0.4, -0.2) is 25.9 Å². The van der Waals surface area contributed by atoms with Crippen molar-refractivity contribution < 1.29 is 13.2 Å². The van der Waals surface area contributed by atoms with Gasteiger partial charge in [0, 0.05) is 17.6 Å². The van der Waals surface area contributed by atoms with Gasteiger partial charge >= 0.3 is 0 Å². The van der Waals surface area contributed by atoms with Gasteiger partial charge in [-0.15, -0.1) is 0 Å². The molecule has 0 spiro atoms. The molecule has 0 saturated carbocycles. The van der Waals surface area contributed by atoms with Crippen molar-refractivity contribution in [3.05, 3.63) is 58.6 Å². The smallest absolute Gasteiger partial charge is 0.247 e. The predicted octanol–water partition coefficient (Wildman–Crippen LogP) is 4.06. The molecule has 0 aliphatic carbocycles. The van der Waals surface area contributed by atoms with Gasteiger partial charge in [0.15, 0.2) is 0 Å². The average molecular weight is 398 g/mol. The SMILES string of the molecule is CCOc1ccc(Br)cc1S(=O)(=O)N(CC)Cc1ccccc1. The molecule has 0 aliphatic heterocycles. The van der Waals surface area contributed by atoms with Crippen LogP contribution < -0.4 is 4.74 Å². The Labute approximate surface area is 146 Å². The van der Waals surface area contributed by atoms with Gasteiger partial charge in [0.05, 0.1) is 6.61 Å². The second-order valence-electron chi connectivity index (χ2n) is 4.94. The summed E-state index contributed by atoms with van der Waals surface area (Å²) in [7, 11) is -3.65. The molecule has 0 radical (unpaired) electrons. The number of benzene rings is 2. The van der Waals surface area contributed by atoms with Crippen molar-refractivity contribution in [3.63, 3.8) is 0 Å². The molecule has 0 aromatic heterocycles. The van der Waals surface area contributed by atoms with Gasteiger partial charge in [-0.2, -0.15) is 4.31 Å². The Morgan fingerprint density at radius 1 is 1.09 bits per heavy atom. The Kier molecular flexibility index (Phi) is 6.21. The van der Waals surface area contributed by atoms with Crippen LogP contribution in [0.1, 0.15) is 19.4 Å². The highest BCUT2D eigenvalue weighted by Gasteiger charge is 2.27. The lowest BCUT2D eigenvalue weighted by Gasteiger charge is -2.22. The molecule has 0 atom stereocenters. The summed E-state index contributed by atoms with van der Waals surface area (Å²) in [6.45, 7) is 4.79. The van der Waals surface area contributed by atoms with E-state index in [9.17, 15) is 8.42 Å². The third-order valence-electron chi connectivity index (χ3n) is 3.38. The Balaban J connectivity index is 2.41. The van der Waals surface area contributed by atoms with Crippen LogP contribution in [0.5, 0.6) is 5.75 Å². The van der Waals surface area contributed by atoms with Gasteiger partial charge in [-0.1, -0.05) is 53.2 Å². The maximum atomic E-state index is 13.0. The first kappa shape index (κ1) is 18.0. The molecule has 4 nitrogen and oxygen atoms in total. The second kappa shape index (κ2) is 7.95. The maximum Gasteiger partial charge on any atom is 0.247 e. The molecule has 0 fully saturated rings. The number of halogens is 1. The molecule has 2 aromatic carbocycles. The van der Waals surface area contributed by atoms with Gasteiger partial charge < -0.3 is 4.74 Å². The maximum absolute atomic E-state index is 13.0. The highest BCUT2D eigenvalue weighted by atomic mass is 79.9. The zero-order valence-electron chi connectivity index (χ0n) is 13.2. The zero-order valence-corrected chi connectivity index (χ0v) is 15.6. The first-order valence-electron chi connectivity index (χ1n) is 7.45. The fraction of sp³-hybridized carbons (Fsp3) is 0.294. The second-order valence-corrected chi connectivity index (χ2v) is 7.76. The summed E-state index contributed by atoms with van der Waals surface area (Å²) < 4.78 is 33.7. The first-order valence-corrected chi connectivity index (χ1v) is 9.68. The summed E-state index contributed by atoms with van der Waals surface area (Å²) in [5.74, 6) is 0.377. The molecule has 0 aliphatic rings. The van der Waals surface area contributed by atoms with E-state index in [0.29, 0.717) is 29.9 Å². The summed E-state index contributed by atoms with van der Waals surface area (Å²) in [5, 5.41) is 0. The van der Waals surface area contributed by atoms with E-state index in [1.807, 2.05) is 44.2 Å². The van der Waals surface area contributed by atoms with Crippen LogP contribution in [-0.2, 0) is 16.6 Å². The zero-order chi connectivity index (χ0) is 16.9. The van der Waals surface area contributed by atoms with E-state index in [0.717, 1.165) is 5.56 Å². The quantitative estimate of drug-likeness (QED) is 0.707. The van der Waals surface area contributed by atoms with E-state index in [1.54, 1.807) is 18.2 Å². The minimum Gasteiger partial charge on any atom is -0.492 e. The topological polar surface area (TPSA) is 46.6 Å². The fourth-order valence-corrected chi connectivity index (χ4v) is 4.36. The van der Waals surface area contributed by atoms with E-state index in [-0.39, 0.29) is 4.90 Å². The van der Waals surface area contributed by atoms with Crippen LogP contribution in [0.15, 0.2) is 57.9 Å². The number of hydrogen-bond donors (Lipinski definition) is 0. The van der Waals surface area contributed by atoms with Crippen molar-refractivity contribution in [2.75, 3.05) is 13.2 Å². The van der Waals surface area contributed by atoms with Gasteiger partial charge in [0.1, 0.15) is 10.6 Å². The van der Waals surface area contributed by atoms with Crippen LogP contribution in [0.25, 0.3) is 0 Å². The highest BCUT2D eigenvalue weighted by molar-refractivity contribution is 9.10. The number of rotatable bonds is 7. The lowest BCUT2D eigenvalue weighted by Crippen LogP contribution is -2.30. The Hall–Kier alpha value is -1.37. The van der Waals surface area contributed by atoms with Crippen molar-refractivity contribution in [2.24, 2.45) is 0 Å². The molecular formula is C17H20BrNO3S. The average Bonchev–Trinajstić information content (AvgIpc) is 2.55. The van der Waals surface area contributed by atoms with E-state index in [2.05, 4.69) is 15.9 Å². The van der Waals surface area contributed by atoms with Crippen molar-refractivity contribution in [2.45, 2.75) is 25.3 Å². The highest BCUT2D eigenvalue weighted by Crippen LogP contribution is 2.30. The molecule has 0 heterocycles. The van der Waals surface area contributed by atoms with Gasteiger partial charge in [-0.05, 0) is 30.7 Å². The van der Waals surface area contributed by atoms with Crippen molar-refractivity contribution in [3.8, 4) is 5.75 Å². The lowest BCUT2D eigenvalue weighted by molar-refractivity contribution is 0.328. The molecule has 0 amide bonds.